The van der Waals surface area contributed by atoms with E-state index in [1.165, 1.54) is 13.1 Å². The molecule has 0 amide bonds. The lowest BCUT2D eigenvalue weighted by molar-refractivity contribution is -0.0612. The monoisotopic (exact) mass is 430 g/mol. The van der Waals surface area contributed by atoms with Gasteiger partial charge in [0, 0.05) is 48.6 Å². The number of benzene rings is 1. The van der Waals surface area contributed by atoms with Gasteiger partial charge >= 0.3 is 0 Å². The Labute approximate surface area is 187 Å². The number of piperidine rings is 1. The summed E-state index contributed by atoms with van der Waals surface area (Å²) in [6, 6.07) is 10.7. The molecule has 6 rings (SSSR count). The van der Waals surface area contributed by atoms with Crippen molar-refractivity contribution in [3.05, 3.63) is 59.8 Å². The predicted molar refractivity (Wildman–Crippen MR) is 117 cm³/mol. The lowest BCUT2D eigenvalue weighted by Gasteiger charge is -2.35. The zero-order valence-electron chi connectivity index (χ0n) is 18.0. The third kappa shape index (κ3) is 3.65. The fourth-order valence-electron chi connectivity index (χ4n) is 4.91. The molecule has 0 radical (unpaired) electrons. The van der Waals surface area contributed by atoms with Crippen LogP contribution in [0.4, 0.5) is 0 Å². The number of aromatic nitrogens is 3. The van der Waals surface area contributed by atoms with Crippen LogP contribution in [0.5, 0.6) is 0 Å². The van der Waals surface area contributed by atoms with Crippen LogP contribution in [0.15, 0.2) is 47.2 Å². The van der Waals surface area contributed by atoms with Crippen molar-refractivity contribution in [2.45, 2.75) is 25.6 Å². The summed E-state index contributed by atoms with van der Waals surface area (Å²) in [7, 11) is 0. The Hall–Kier alpha value is -2.92. The normalized spacial score (nSPS) is 25.6. The van der Waals surface area contributed by atoms with Crippen molar-refractivity contribution >= 4 is 0 Å². The SMILES string of the molecule is C[C@H](O)c1nccn1Cc1cc(-c2ccc(C#C[C@@H]3[C@H]4CN(C5COC5)C[C@@H]34)cc2)on1. The lowest BCUT2D eigenvalue weighted by atomic mass is 10.1. The highest BCUT2D eigenvalue weighted by Crippen LogP contribution is 2.52. The minimum atomic E-state index is -0.628. The van der Waals surface area contributed by atoms with Crippen molar-refractivity contribution in [1.29, 1.82) is 0 Å². The molecule has 1 N–H and O–H groups in total. The number of fused-ring (bicyclic) bond motifs is 1. The molecule has 4 heterocycles. The number of aliphatic hydroxyl groups excluding tert-OH is 1. The highest BCUT2D eigenvalue weighted by Gasteiger charge is 2.56. The van der Waals surface area contributed by atoms with Gasteiger partial charge in [-0.15, -0.1) is 0 Å². The van der Waals surface area contributed by atoms with Gasteiger partial charge in [0.2, 0.25) is 0 Å². The average Bonchev–Trinajstić information content (AvgIpc) is 3.23. The van der Waals surface area contributed by atoms with Crippen LogP contribution < -0.4 is 0 Å². The molecular weight excluding hydrogens is 404 g/mol. The van der Waals surface area contributed by atoms with Gasteiger partial charge in [0.05, 0.1) is 25.8 Å². The van der Waals surface area contributed by atoms with E-state index in [0.29, 0.717) is 24.3 Å². The first-order valence-corrected chi connectivity index (χ1v) is 11.2. The Bertz CT molecular complexity index is 1150. The molecule has 0 bridgehead atoms. The van der Waals surface area contributed by atoms with E-state index in [1.54, 1.807) is 13.1 Å². The smallest absolute Gasteiger partial charge is 0.167 e. The van der Waals surface area contributed by atoms with Gasteiger partial charge in [-0.3, -0.25) is 4.90 Å². The molecule has 1 aromatic carbocycles. The minimum absolute atomic E-state index is 0.502. The maximum atomic E-state index is 9.81. The van der Waals surface area contributed by atoms with Crippen molar-refractivity contribution < 1.29 is 14.4 Å². The van der Waals surface area contributed by atoms with Crippen LogP contribution in [-0.4, -0.2) is 57.1 Å². The van der Waals surface area contributed by atoms with Crippen molar-refractivity contribution in [2.75, 3.05) is 26.3 Å². The van der Waals surface area contributed by atoms with E-state index in [9.17, 15) is 5.11 Å². The Kier molecular flexibility index (Phi) is 4.87. The van der Waals surface area contributed by atoms with Gasteiger partial charge in [0.15, 0.2) is 5.76 Å². The summed E-state index contributed by atoms with van der Waals surface area (Å²) in [6.45, 7) is 6.38. The zero-order chi connectivity index (χ0) is 21.7. The summed E-state index contributed by atoms with van der Waals surface area (Å²) in [5, 5.41) is 14.0. The number of hydrogen-bond donors (Lipinski definition) is 1. The third-order valence-electron chi connectivity index (χ3n) is 6.92. The average molecular weight is 431 g/mol. The van der Waals surface area contributed by atoms with E-state index in [1.807, 2.05) is 41.1 Å². The summed E-state index contributed by atoms with van der Waals surface area (Å²) < 4.78 is 12.7. The highest BCUT2D eigenvalue weighted by molar-refractivity contribution is 5.59. The van der Waals surface area contributed by atoms with E-state index in [-0.39, 0.29) is 0 Å². The number of nitrogens with zero attached hydrogens (tertiary/aromatic N) is 4. The van der Waals surface area contributed by atoms with Crippen LogP contribution in [0.25, 0.3) is 11.3 Å². The minimum Gasteiger partial charge on any atom is -0.385 e. The van der Waals surface area contributed by atoms with Gasteiger partial charge in [0.1, 0.15) is 17.6 Å². The molecule has 1 aliphatic carbocycles. The maximum absolute atomic E-state index is 9.81. The van der Waals surface area contributed by atoms with Gasteiger partial charge in [-0.2, -0.15) is 0 Å². The van der Waals surface area contributed by atoms with E-state index >= 15 is 0 Å². The summed E-state index contributed by atoms with van der Waals surface area (Å²) in [6.07, 6.45) is 2.88. The van der Waals surface area contributed by atoms with E-state index in [4.69, 9.17) is 9.26 Å². The standard InChI is InChI=1S/C25H26N4O3/c1-16(30)25-26-8-9-28(25)11-19-10-24(32-27-19)18-5-2-17(3-6-18)4-7-21-22-12-29(13-23(21)22)20-14-31-15-20/h2-3,5-6,8-10,16,20-23,30H,11-15H2,1H3/t16-,21-,22-,23+/m0/s1. The molecule has 2 aromatic heterocycles. The molecule has 164 valence electrons. The van der Waals surface area contributed by atoms with Crippen molar-refractivity contribution in [3.8, 4) is 23.2 Å². The number of ether oxygens (including phenoxy) is 1. The molecule has 7 nitrogen and oxygen atoms in total. The van der Waals surface area contributed by atoms with Gasteiger partial charge in [0.25, 0.3) is 0 Å². The predicted octanol–water partition coefficient (Wildman–Crippen LogP) is 2.57. The number of rotatable bonds is 5. The van der Waals surface area contributed by atoms with Crippen LogP contribution in [-0.2, 0) is 11.3 Å². The Morgan fingerprint density at radius 1 is 1.19 bits per heavy atom. The van der Waals surface area contributed by atoms with Gasteiger partial charge in [-0.25, -0.2) is 4.98 Å². The Balaban J connectivity index is 1.07. The molecule has 3 aromatic rings. The Morgan fingerprint density at radius 2 is 1.97 bits per heavy atom. The largest absolute Gasteiger partial charge is 0.385 e. The van der Waals surface area contributed by atoms with Crippen LogP contribution in [0.1, 0.15) is 30.1 Å². The quantitative estimate of drug-likeness (QED) is 0.627. The number of imidazole rings is 1. The fraction of sp³-hybridized carbons (Fsp3) is 0.440. The third-order valence-corrected chi connectivity index (χ3v) is 6.92. The van der Waals surface area contributed by atoms with Crippen LogP contribution in [0.2, 0.25) is 0 Å². The fourth-order valence-corrected chi connectivity index (χ4v) is 4.91. The topological polar surface area (TPSA) is 76.6 Å². The van der Waals surface area contributed by atoms with E-state index in [0.717, 1.165) is 47.6 Å². The molecule has 7 heteroatoms. The molecule has 32 heavy (non-hydrogen) atoms. The first-order valence-electron chi connectivity index (χ1n) is 11.2. The second-order valence-corrected chi connectivity index (χ2v) is 9.12. The molecule has 1 saturated carbocycles. The molecule has 2 aliphatic heterocycles. The molecule has 4 atom stereocenters. The first-order chi connectivity index (χ1) is 15.7. The summed E-state index contributed by atoms with van der Waals surface area (Å²) in [5.74, 6) is 10.2. The highest BCUT2D eigenvalue weighted by atomic mass is 16.5. The zero-order valence-corrected chi connectivity index (χ0v) is 18.0. The van der Waals surface area contributed by atoms with Crippen molar-refractivity contribution in [2.24, 2.45) is 17.8 Å². The van der Waals surface area contributed by atoms with E-state index < -0.39 is 6.10 Å². The van der Waals surface area contributed by atoms with E-state index in [2.05, 4.69) is 26.9 Å². The van der Waals surface area contributed by atoms with Gasteiger partial charge < -0.3 is 18.9 Å². The molecule has 2 saturated heterocycles. The lowest BCUT2D eigenvalue weighted by Crippen LogP contribution is -2.48. The van der Waals surface area contributed by atoms with Crippen LogP contribution >= 0.6 is 0 Å². The second-order valence-electron chi connectivity index (χ2n) is 9.12. The molecule has 0 unspecified atom stereocenters. The van der Waals surface area contributed by atoms with Crippen molar-refractivity contribution in [1.82, 2.24) is 19.6 Å². The number of aliphatic hydroxyl groups is 1. The van der Waals surface area contributed by atoms with Crippen molar-refractivity contribution in [3.63, 3.8) is 0 Å². The summed E-state index contributed by atoms with van der Waals surface area (Å²) in [5.41, 5.74) is 2.78. The molecule has 3 aliphatic rings. The van der Waals surface area contributed by atoms with Crippen LogP contribution in [0, 0.1) is 29.6 Å². The number of likely N-dealkylation sites (tertiary alicyclic amines) is 1. The first kappa shape index (κ1) is 19.7. The second kappa shape index (κ2) is 7.89. The van der Waals surface area contributed by atoms with Gasteiger partial charge in [-0.05, 0) is 43.0 Å². The molecular formula is C25H26N4O3. The van der Waals surface area contributed by atoms with Gasteiger partial charge in [-0.1, -0.05) is 17.0 Å². The summed E-state index contributed by atoms with van der Waals surface area (Å²) in [4.78, 5) is 6.77. The van der Waals surface area contributed by atoms with Crippen LogP contribution in [0.3, 0.4) is 0 Å². The number of hydrogen-bond acceptors (Lipinski definition) is 6. The molecule has 0 spiro atoms. The Morgan fingerprint density at radius 3 is 2.66 bits per heavy atom. The molecule has 3 fully saturated rings. The summed E-state index contributed by atoms with van der Waals surface area (Å²) >= 11 is 0. The maximum Gasteiger partial charge on any atom is 0.167 e.